The van der Waals surface area contributed by atoms with Gasteiger partial charge in [0.2, 0.25) is 0 Å². The molecule has 2 aromatic carbocycles. The molecule has 0 unspecified atom stereocenters. The first-order chi connectivity index (χ1) is 9.58. The maximum absolute atomic E-state index is 12.0. The van der Waals surface area contributed by atoms with Crippen molar-refractivity contribution in [2.24, 2.45) is 5.73 Å². The van der Waals surface area contributed by atoms with E-state index in [0.717, 1.165) is 28.1 Å². The average Bonchev–Trinajstić information content (AvgIpc) is 2.41. The molecule has 2 amide bonds. The highest BCUT2D eigenvalue weighted by atomic mass is 16.2. The third-order valence-electron chi connectivity index (χ3n) is 3.06. The number of nitrogens with one attached hydrogen (secondary N) is 2. The molecule has 20 heavy (non-hydrogen) atoms. The smallest absolute Gasteiger partial charge is 0.323 e. The standard InChI is InChI=1S/C16H19N3O/c1-11-4-3-5-14(8-11)18-16(20)19-15-9-13(10-17)7-6-12(15)2/h3-9H,10,17H2,1-2H3,(H2,18,19,20). The molecule has 2 rings (SSSR count). The first kappa shape index (κ1) is 14.1. The summed E-state index contributed by atoms with van der Waals surface area (Å²) in [6.45, 7) is 4.38. The van der Waals surface area contributed by atoms with E-state index < -0.39 is 0 Å². The van der Waals surface area contributed by atoms with E-state index in [1.165, 1.54) is 0 Å². The van der Waals surface area contributed by atoms with Gasteiger partial charge in [-0.05, 0) is 48.7 Å². The van der Waals surface area contributed by atoms with Crippen LogP contribution in [-0.4, -0.2) is 6.03 Å². The second kappa shape index (κ2) is 6.21. The number of benzene rings is 2. The number of carbonyl (C=O) groups excluding carboxylic acids is 1. The number of urea groups is 1. The summed E-state index contributed by atoms with van der Waals surface area (Å²) >= 11 is 0. The van der Waals surface area contributed by atoms with E-state index in [2.05, 4.69) is 10.6 Å². The molecular formula is C16H19N3O. The number of hydrogen-bond donors (Lipinski definition) is 3. The summed E-state index contributed by atoms with van der Waals surface area (Å²) in [5, 5.41) is 5.66. The zero-order valence-electron chi connectivity index (χ0n) is 11.7. The molecule has 0 atom stereocenters. The van der Waals surface area contributed by atoms with E-state index in [0.29, 0.717) is 6.54 Å². The number of nitrogens with two attached hydrogens (primary N) is 1. The molecule has 0 saturated carbocycles. The van der Waals surface area contributed by atoms with Gasteiger partial charge >= 0.3 is 6.03 Å². The highest BCUT2D eigenvalue weighted by molar-refractivity contribution is 6.00. The maximum Gasteiger partial charge on any atom is 0.323 e. The van der Waals surface area contributed by atoms with Gasteiger partial charge in [0.25, 0.3) is 0 Å². The number of amides is 2. The molecule has 4 N–H and O–H groups in total. The van der Waals surface area contributed by atoms with E-state index in [4.69, 9.17) is 5.73 Å². The molecule has 0 aliphatic carbocycles. The summed E-state index contributed by atoms with van der Waals surface area (Å²) < 4.78 is 0. The van der Waals surface area contributed by atoms with Crippen molar-refractivity contribution in [2.45, 2.75) is 20.4 Å². The Morgan fingerprint density at radius 3 is 2.60 bits per heavy atom. The van der Waals surface area contributed by atoms with Crippen molar-refractivity contribution in [2.75, 3.05) is 10.6 Å². The van der Waals surface area contributed by atoms with Crippen LogP contribution in [0.5, 0.6) is 0 Å². The highest BCUT2D eigenvalue weighted by Crippen LogP contribution is 2.17. The minimum absolute atomic E-state index is 0.257. The SMILES string of the molecule is Cc1cccc(NC(=O)Nc2cc(CN)ccc2C)c1. The van der Waals surface area contributed by atoms with Gasteiger partial charge in [0.05, 0.1) is 0 Å². The lowest BCUT2D eigenvalue weighted by Crippen LogP contribution is -2.20. The fraction of sp³-hybridized carbons (Fsp3) is 0.188. The van der Waals surface area contributed by atoms with Crippen molar-refractivity contribution < 1.29 is 4.79 Å². The highest BCUT2D eigenvalue weighted by Gasteiger charge is 2.05. The fourth-order valence-electron chi connectivity index (χ4n) is 1.94. The predicted molar refractivity (Wildman–Crippen MR) is 82.9 cm³/mol. The third-order valence-corrected chi connectivity index (χ3v) is 3.06. The molecule has 4 nitrogen and oxygen atoms in total. The molecule has 104 valence electrons. The van der Waals surface area contributed by atoms with Crippen LogP contribution in [0.15, 0.2) is 42.5 Å². The lowest BCUT2D eigenvalue weighted by atomic mass is 10.1. The Labute approximate surface area is 119 Å². The second-order valence-corrected chi connectivity index (χ2v) is 4.80. The maximum atomic E-state index is 12.0. The van der Waals surface area contributed by atoms with Crippen molar-refractivity contribution in [3.8, 4) is 0 Å². The number of carbonyl (C=O) groups is 1. The molecule has 0 spiro atoms. The van der Waals surface area contributed by atoms with Crippen LogP contribution < -0.4 is 16.4 Å². The topological polar surface area (TPSA) is 67.2 Å². The number of aryl methyl sites for hydroxylation is 2. The molecule has 0 fully saturated rings. The molecule has 0 saturated heterocycles. The first-order valence-corrected chi connectivity index (χ1v) is 6.53. The third kappa shape index (κ3) is 3.59. The molecule has 0 aliphatic rings. The van der Waals surface area contributed by atoms with E-state index in [9.17, 15) is 4.79 Å². The van der Waals surface area contributed by atoms with Gasteiger partial charge in [-0.3, -0.25) is 0 Å². The minimum Gasteiger partial charge on any atom is -0.326 e. The van der Waals surface area contributed by atoms with Gasteiger partial charge in [0.15, 0.2) is 0 Å². The van der Waals surface area contributed by atoms with Crippen molar-refractivity contribution in [3.05, 3.63) is 59.2 Å². The molecule has 4 heteroatoms. The monoisotopic (exact) mass is 269 g/mol. The van der Waals surface area contributed by atoms with Gasteiger partial charge in [0.1, 0.15) is 0 Å². The summed E-state index contributed by atoms with van der Waals surface area (Å²) in [7, 11) is 0. The number of rotatable bonds is 3. The Morgan fingerprint density at radius 1 is 1.10 bits per heavy atom. The van der Waals surface area contributed by atoms with E-state index >= 15 is 0 Å². The Hall–Kier alpha value is -2.33. The van der Waals surface area contributed by atoms with Gasteiger partial charge in [-0.25, -0.2) is 4.79 Å². The lowest BCUT2D eigenvalue weighted by Gasteiger charge is -2.11. The van der Waals surface area contributed by atoms with Crippen molar-refractivity contribution in [3.63, 3.8) is 0 Å². The van der Waals surface area contributed by atoms with Crippen molar-refractivity contribution in [1.82, 2.24) is 0 Å². The van der Waals surface area contributed by atoms with Crippen LogP contribution in [0.25, 0.3) is 0 Å². The second-order valence-electron chi connectivity index (χ2n) is 4.80. The largest absolute Gasteiger partial charge is 0.326 e. The van der Waals surface area contributed by atoms with Crippen LogP contribution in [0.3, 0.4) is 0 Å². The lowest BCUT2D eigenvalue weighted by molar-refractivity contribution is 0.262. The van der Waals surface area contributed by atoms with Crippen LogP contribution in [0.1, 0.15) is 16.7 Å². The quantitative estimate of drug-likeness (QED) is 0.799. The normalized spacial score (nSPS) is 10.2. The molecule has 2 aromatic rings. The van der Waals surface area contributed by atoms with E-state index in [1.807, 2.05) is 56.3 Å². The fourth-order valence-corrected chi connectivity index (χ4v) is 1.94. The molecule has 0 radical (unpaired) electrons. The minimum atomic E-state index is -0.257. The summed E-state index contributed by atoms with van der Waals surface area (Å²) in [4.78, 5) is 12.0. The molecule has 0 heterocycles. The summed E-state index contributed by atoms with van der Waals surface area (Å²) in [6, 6.07) is 13.2. The summed E-state index contributed by atoms with van der Waals surface area (Å²) in [5.74, 6) is 0. The Balaban J connectivity index is 2.08. The van der Waals surface area contributed by atoms with Crippen LogP contribution in [0.4, 0.5) is 16.2 Å². The first-order valence-electron chi connectivity index (χ1n) is 6.53. The Bertz CT molecular complexity index is 623. The predicted octanol–water partition coefficient (Wildman–Crippen LogP) is 3.41. The summed E-state index contributed by atoms with van der Waals surface area (Å²) in [6.07, 6.45) is 0. The average molecular weight is 269 g/mol. The number of hydrogen-bond acceptors (Lipinski definition) is 2. The zero-order chi connectivity index (χ0) is 14.5. The number of anilines is 2. The van der Waals surface area contributed by atoms with Crippen LogP contribution in [0.2, 0.25) is 0 Å². The Kier molecular flexibility index (Phi) is 4.38. The van der Waals surface area contributed by atoms with Crippen molar-refractivity contribution in [1.29, 1.82) is 0 Å². The summed E-state index contributed by atoms with van der Waals surface area (Å²) in [5.41, 5.74) is 10.3. The van der Waals surface area contributed by atoms with Gasteiger partial charge in [0, 0.05) is 17.9 Å². The van der Waals surface area contributed by atoms with Crippen molar-refractivity contribution >= 4 is 17.4 Å². The zero-order valence-corrected chi connectivity index (χ0v) is 11.7. The van der Waals surface area contributed by atoms with Gasteiger partial charge in [-0.15, -0.1) is 0 Å². The van der Waals surface area contributed by atoms with Gasteiger partial charge in [-0.2, -0.15) is 0 Å². The van der Waals surface area contributed by atoms with Crippen LogP contribution in [-0.2, 0) is 6.54 Å². The molecule has 0 aromatic heterocycles. The molecule has 0 aliphatic heterocycles. The van der Waals surface area contributed by atoms with Crippen LogP contribution >= 0.6 is 0 Å². The van der Waals surface area contributed by atoms with Crippen LogP contribution in [0, 0.1) is 13.8 Å². The molecular weight excluding hydrogens is 250 g/mol. The van der Waals surface area contributed by atoms with Gasteiger partial charge < -0.3 is 16.4 Å². The van der Waals surface area contributed by atoms with Gasteiger partial charge in [-0.1, -0.05) is 24.3 Å². The Morgan fingerprint density at radius 2 is 1.90 bits per heavy atom. The molecule has 0 bridgehead atoms. The van der Waals surface area contributed by atoms with E-state index in [1.54, 1.807) is 0 Å². The van der Waals surface area contributed by atoms with E-state index in [-0.39, 0.29) is 6.03 Å².